The summed E-state index contributed by atoms with van der Waals surface area (Å²) in [5.74, 6) is 0. The molecule has 3 N–H and O–H groups in total. The van der Waals surface area contributed by atoms with E-state index in [2.05, 4.69) is 21.6 Å². The molecule has 1 atom stereocenters. The van der Waals surface area contributed by atoms with Gasteiger partial charge in [-0.1, -0.05) is 25.8 Å². The van der Waals surface area contributed by atoms with Crippen LogP contribution in [0.2, 0.25) is 0 Å². The summed E-state index contributed by atoms with van der Waals surface area (Å²) in [7, 11) is 0. The summed E-state index contributed by atoms with van der Waals surface area (Å²) in [5, 5.41) is 15.1. The van der Waals surface area contributed by atoms with E-state index >= 15 is 0 Å². The monoisotopic (exact) mass is 319 g/mol. The number of amides is 2. The van der Waals surface area contributed by atoms with Crippen LogP contribution in [0.1, 0.15) is 46.0 Å². The van der Waals surface area contributed by atoms with Crippen LogP contribution in [-0.2, 0) is 0 Å². The molecule has 1 aliphatic heterocycles. The van der Waals surface area contributed by atoms with E-state index in [4.69, 9.17) is 0 Å². The topological polar surface area (TPSA) is 64.6 Å². The maximum atomic E-state index is 12.1. The molecule has 1 saturated heterocycles. The third-order valence-electron chi connectivity index (χ3n) is 4.62. The fraction of sp³-hybridized carbons (Fsp3) is 0.611. The Bertz CT molecular complexity index is 507. The maximum absolute atomic E-state index is 12.1. The number of aliphatic hydroxyl groups is 1. The Morgan fingerprint density at radius 1 is 1.26 bits per heavy atom. The Morgan fingerprint density at radius 3 is 2.57 bits per heavy atom. The van der Waals surface area contributed by atoms with Crippen LogP contribution in [0, 0.1) is 0 Å². The number of rotatable bonds is 5. The second kappa shape index (κ2) is 8.20. The fourth-order valence-electron chi connectivity index (χ4n) is 2.79. The number of nitrogens with zero attached hydrogens (tertiary/aromatic N) is 1. The van der Waals surface area contributed by atoms with Crippen LogP contribution in [0.25, 0.3) is 0 Å². The first-order valence-corrected chi connectivity index (χ1v) is 8.61. The van der Waals surface area contributed by atoms with E-state index in [1.807, 2.05) is 32.0 Å². The Kier molecular flexibility index (Phi) is 6.28. The van der Waals surface area contributed by atoms with E-state index in [1.165, 1.54) is 25.7 Å². The quantitative estimate of drug-likeness (QED) is 0.780. The van der Waals surface area contributed by atoms with Crippen LogP contribution < -0.4 is 15.5 Å². The molecule has 0 saturated carbocycles. The number of nitrogens with one attached hydrogen (secondary N) is 2. The maximum Gasteiger partial charge on any atom is 0.319 e. The van der Waals surface area contributed by atoms with Gasteiger partial charge in [-0.2, -0.15) is 0 Å². The number of urea groups is 1. The standard InChI is InChI=1S/C18H29N3O2/c1-3-18(2,14-22)20-17(23)19-15-9-8-10-16(13-15)21-11-6-4-5-7-12-21/h8-10,13,22H,3-7,11-12,14H2,1-2H3,(H2,19,20,23). The summed E-state index contributed by atoms with van der Waals surface area (Å²) in [4.78, 5) is 14.5. The largest absolute Gasteiger partial charge is 0.394 e. The molecule has 5 heteroatoms. The van der Waals surface area contributed by atoms with Gasteiger partial charge < -0.3 is 20.6 Å². The van der Waals surface area contributed by atoms with Gasteiger partial charge in [0.2, 0.25) is 0 Å². The van der Waals surface area contributed by atoms with E-state index in [9.17, 15) is 9.90 Å². The van der Waals surface area contributed by atoms with Crippen LogP contribution in [0.5, 0.6) is 0 Å². The van der Waals surface area contributed by atoms with E-state index in [0.29, 0.717) is 6.42 Å². The number of anilines is 2. The molecule has 1 unspecified atom stereocenters. The van der Waals surface area contributed by atoms with Gasteiger partial charge in [-0.25, -0.2) is 4.79 Å². The molecule has 2 amide bonds. The highest BCUT2D eigenvalue weighted by Crippen LogP contribution is 2.23. The lowest BCUT2D eigenvalue weighted by molar-refractivity contribution is 0.172. The van der Waals surface area contributed by atoms with Gasteiger partial charge in [0.1, 0.15) is 0 Å². The highest BCUT2D eigenvalue weighted by Gasteiger charge is 2.23. The van der Waals surface area contributed by atoms with Crippen LogP contribution >= 0.6 is 0 Å². The first kappa shape index (κ1) is 17.6. The van der Waals surface area contributed by atoms with Gasteiger partial charge in [-0.3, -0.25) is 0 Å². The number of hydrogen-bond acceptors (Lipinski definition) is 3. The van der Waals surface area contributed by atoms with Crippen molar-refractivity contribution in [3.63, 3.8) is 0 Å². The minimum Gasteiger partial charge on any atom is -0.394 e. The molecule has 1 heterocycles. The number of hydrogen-bond donors (Lipinski definition) is 3. The van der Waals surface area contributed by atoms with Crippen LogP contribution in [0.15, 0.2) is 24.3 Å². The summed E-state index contributed by atoms with van der Waals surface area (Å²) in [5.41, 5.74) is 1.35. The van der Waals surface area contributed by atoms with Gasteiger partial charge >= 0.3 is 6.03 Å². The van der Waals surface area contributed by atoms with Crippen molar-refractivity contribution < 1.29 is 9.90 Å². The smallest absolute Gasteiger partial charge is 0.319 e. The van der Waals surface area contributed by atoms with Gasteiger partial charge in [0, 0.05) is 24.5 Å². The van der Waals surface area contributed by atoms with Crippen molar-refractivity contribution in [2.75, 3.05) is 29.9 Å². The van der Waals surface area contributed by atoms with Gasteiger partial charge in [0.25, 0.3) is 0 Å². The number of carbonyl (C=O) groups is 1. The van der Waals surface area contributed by atoms with Crippen molar-refractivity contribution in [1.82, 2.24) is 5.32 Å². The van der Waals surface area contributed by atoms with Crippen LogP contribution in [0.3, 0.4) is 0 Å². The lowest BCUT2D eigenvalue weighted by Crippen LogP contribution is -2.50. The zero-order valence-electron chi connectivity index (χ0n) is 14.3. The summed E-state index contributed by atoms with van der Waals surface area (Å²) >= 11 is 0. The van der Waals surface area contributed by atoms with Crippen molar-refractivity contribution in [1.29, 1.82) is 0 Å². The Balaban J connectivity index is 2.00. The molecule has 0 bridgehead atoms. The number of carbonyl (C=O) groups excluding carboxylic acids is 1. The molecule has 1 aromatic rings. The van der Waals surface area contributed by atoms with Gasteiger partial charge in [0.15, 0.2) is 0 Å². The second-order valence-corrected chi connectivity index (χ2v) is 6.60. The zero-order chi connectivity index (χ0) is 16.7. The summed E-state index contributed by atoms with van der Waals surface area (Å²) in [6.45, 7) is 5.85. The van der Waals surface area contributed by atoms with Crippen LogP contribution in [-0.4, -0.2) is 36.4 Å². The van der Waals surface area contributed by atoms with E-state index < -0.39 is 5.54 Å². The fourth-order valence-corrected chi connectivity index (χ4v) is 2.79. The number of aliphatic hydroxyl groups excluding tert-OH is 1. The average molecular weight is 319 g/mol. The zero-order valence-corrected chi connectivity index (χ0v) is 14.3. The Labute approximate surface area is 139 Å². The number of benzene rings is 1. The predicted molar refractivity (Wildman–Crippen MR) is 95.1 cm³/mol. The first-order chi connectivity index (χ1) is 11.1. The van der Waals surface area contributed by atoms with Crippen molar-refractivity contribution in [2.45, 2.75) is 51.5 Å². The lowest BCUT2D eigenvalue weighted by Gasteiger charge is -2.27. The minimum absolute atomic E-state index is 0.0786. The van der Waals surface area contributed by atoms with Gasteiger partial charge in [-0.05, 0) is 44.4 Å². The molecule has 0 aliphatic carbocycles. The van der Waals surface area contributed by atoms with Gasteiger partial charge in [0.05, 0.1) is 12.1 Å². The Morgan fingerprint density at radius 2 is 1.96 bits per heavy atom. The van der Waals surface area contributed by atoms with Crippen molar-refractivity contribution >= 4 is 17.4 Å². The average Bonchev–Trinajstić information content (AvgIpc) is 2.84. The molecule has 1 fully saturated rings. The molecule has 0 radical (unpaired) electrons. The molecule has 0 aromatic heterocycles. The summed E-state index contributed by atoms with van der Waals surface area (Å²) in [6, 6.07) is 7.70. The molecule has 23 heavy (non-hydrogen) atoms. The molecule has 5 nitrogen and oxygen atoms in total. The SMILES string of the molecule is CCC(C)(CO)NC(=O)Nc1cccc(N2CCCCCC2)c1. The van der Waals surface area contributed by atoms with E-state index in [-0.39, 0.29) is 12.6 Å². The van der Waals surface area contributed by atoms with E-state index in [1.54, 1.807) is 0 Å². The van der Waals surface area contributed by atoms with Crippen molar-refractivity contribution in [3.8, 4) is 0 Å². The molecular weight excluding hydrogens is 290 g/mol. The molecule has 1 aliphatic rings. The molecular formula is C18H29N3O2. The Hall–Kier alpha value is -1.75. The second-order valence-electron chi connectivity index (χ2n) is 6.60. The van der Waals surface area contributed by atoms with Crippen molar-refractivity contribution in [2.24, 2.45) is 0 Å². The minimum atomic E-state index is -0.591. The lowest BCUT2D eigenvalue weighted by atomic mass is 10.0. The van der Waals surface area contributed by atoms with Crippen LogP contribution in [0.4, 0.5) is 16.2 Å². The summed E-state index contributed by atoms with van der Waals surface area (Å²) < 4.78 is 0. The summed E-state index contributed by atoms with van der Waals surface area (Å²) in [6.07, 6.45) is 5.72. The van der Waals surface area contributed by atoms with Gasteiger partial charge in [-0.15, -0.1) is 0 Å². The van der Waals surface area contributed by atoms with Crippen molar-refractivity contribution in [3.05, 3.63) is 24.3 Å². The third-order valence-corrected chi connectivity index (χ3v) is 4.62. The first-order valence-electron chi connectivity index (χ1n) is 8.61. The van der Waals surface area contributed by atoms with E-state index in [0.717, 1.165) is 24.5 Å². The third kappa shape index (κ3) is 5.13. The predicted octanol–water partition coefficient (Wildman–Crippen LogP) is 3.35. The highest BCUT2D eigenvalue weighted by atomic mass is 16.3. The normalized spacial score (nSPS) is 18.0. The highest BCUT2D eigenvalue weighted by molar-refractivity contribution is 5.90. The molecule has 128 valence electrons. The molecule has 2 rings (SSSR count). The molecule has 1 aromatic carbocycles. The molecule has 0 spiro atoms.